The standard InChI is InChI=1S/C18H23N5O/c1-13(2)15-5-7-16(8-6-15)18-20-17(24-21-18)12-22(3)10-14-9-19-23(4)11-14/h5-9,11,13H,10,12H2,1-4H3. The number of hydrogen-bond donors (Lipinski definition) is 0. The van der Waals surface area contributed by atoms with Crippen LogP contribution in [0.4, 0.5) is 0 Å². The van der Waals surface area contributed by atoms with Crippen LogP contribution in [0.25, 0.3) is 11.4 Å². The molecule has 0 bridgehead atoms. The molecule has 2 aromatic heterocycles. The summed E-state index contributed by atoms with van der Waals surface area (Å²) < 4.78 is 7.19. The van der Waals surface area contributed by atoms with Crippen LogP contribution in [0.1, 0.15) is 36.8 Å². The van der Waals surface area contributed by atoms with E-state index in [-0.39, 0.29) is 0 Å². The van der Waals surface area contributed by atoms with Gasteiger partial charge in [0.05, 0.1) is 12.7 Å². The maximum absolute atomic E-state index is 5.39. The van der Waals surface area contributed by atoms with Crippen molar-refractivity contribution in [3.05, 3.63) is 53.7 Å². The fourth-order valence-electron chi connectivity index (χ4n) is 2.61. The van der Waals surface area contributed by atoms with Crippen molar-refractivity contribution >= 4 is 0 Å². The largest absolute Gasteiger partial charge is 0.338 e. The lowest BCUT2D eigenvalue weighted by Gasteiger charge is -2.12. The zero-order chi connectivity index (χ0) is 17.1. The van der Waals surface area contributed by atoms with Crippen LogP contribution in [-0.2, 0) is 20.1 Å². The third kappa shape index (κ3) is 3.89. The third-order valence-electron chi connectivity index (χ3n) is 3.92. The Bertz CT molecular complexity index is 788. The smallest absolute Gasteiger partial charge is 0.241 e. The van der Waals surface area contributed by atoms with Gasteiger partial charge in [0.1, 0.15) is 0 Å². The minimum Gasteiger partial charge on any atom is -0.338 e. The molecule has 0 saturated carbocycles. The Balaban J connectivity index is 1.64. The molecule has 0 aliphatic heterocycles. The lowest BCUT2D eigenvalue weighted by molar-refractivity contribution is 0.261. The van der Waals surface area contributed by atoms with Gasteiger partial charge in [-0.25, -0.2) is 0 Å². The summed E-state index contributed by atoms with van der Waals surface area (Å²) >= 11 is 0. The second-order valence-electron chi connectivity index (χ2n) is 6.48. The van der Waals surface area contributed by atoms with Crippen molar-refractivity contribution in [2.24, 2.45) is 7.05 Å². The van der Waals surface area contributed by atoms with E-state index in [1.165, 1.54) is 5.56 Å². The highest BCUT2D eigenvalue weighted by atomic mass is 16.5. The monoisotopic (exact) mass is 325 g/mol. The van der Waals surface area contributed by atoms with Gasteiger partial charge in [0.2, 0.25) is 11.7 Å². The molecule has 24 heavy (non-hydrogen) atoms. The van der Waals surface area contributed by atoms with E-state index in [1.807, 2.05) is 38.6 Å². The molecule has 6 heteroatoms. The van der Waals surface area contributed by atoms with Gasteiger partial charge in [-0.3, -0.25) is 9.58 Å². The van der Waals surface area contributed by atoms with Crippen molar-refractivity contribution in [3.63, 3.8) is 0 Å². The maximum Gasteiger partial charge on any atom is 0.241 e. The highest BCUT2D eigenvalue weighted by Crippen LogP contribution is 2.20. The Morgan fingerprint density at radius 1 is 1.17 bits per heavy atom. The Kier molecular flexibility index (Phi) is 4.76. The maximum atomic E-state index is 5.39. The van der Waals surface area contributed by atoms with Crippen LogP contribution < -0.4 is 0 Å². The van der Waals surface area contributed by atoms with Crippen molar-refractivity contribution in [2.45, 2.75) is 32.9 Å². The predicted octanol–water partition coefficient (Wildman–Crippen LogP) is 3.23. The molecule has 0 N–H and O–H groups in total. The van der Waals surface area contributed by atoms with E-state index in [1.54, 1.807) is 4.68 Å². The number of hydrogen-bond acceptors (Lipinski definition) is 5. The molecule has 0 spiro atoms. The Morgan fingerprint density at radius 3 is 2.54 bits per heavy atom. The van der Waals surface area contributed by atoms with Gasteiger partial charge in [0.25, 0.3) is 0 Å². The first-order valence-electron chi connectivity index (χ1n) is 8.10. The molecule has 0 aliphatic carbocycles. The zero-order valence-electron chi connectivity index (χ0n) is 14.6. The van der Waals surface area contributed by atoms with Crippen LogP contribution in [0.3, 0.4) is 0 Å². The second kappa shape index (κ2) is 6.97. The van der Waals surface area contributed by atoms with Crippen molar-refractivity contribution < 1.29 is 4.52 Å². The average Bonchev–Trinajstić information content (AvgIpc) is 3.16. The zero-order valence-corrected chi connectivity index (χ0v) is 14.6. The fourth-order valence-corrected chi connectivity index (χ4v) is 2.61. The predicted molar refractivity (Wildman–Crippen MR) is 92.2 cm³/mol. The molecule has 0 fully saturated rings. The Morgan fingerprint density at radius 2 is 1.92 bits per heavy atom. The summed E-state index contributed by atoms with van der Waals surface area (Å²) in [6, 6.07) is 8.32. The van der Waals surface area contributed by atoms with Gasteiger partial charge < -0.3 is 4.52 Å². The molecule has 3 rings (SSSR count). The van der Waals surface area contributed by atoms with Crippen molar-refractivity contribution in [3.8, 4) is 11.4 Å². The van der Waals surface area contributed by atoms with Crippen LogP contribution in [0.2, 0.25) is 0 Å². The molecule has 0 saturated heterocycles. The second-order valence-corrected chi connectivity index (χ2v) is 6.48. The van der Waals surface area contributed by atoms with E-state index < -0.39 is 0 Å². The summed E-state index contributed by atoms with van der Waals surface area (Å²) in [6.45, 7) is 5.75. The van der Waals surface area contributed by atoms with Crippen molar-refractivity contribution in [2.75, 3.05) is 7.05 Å². The van der Waals surface area contributed by atoms with Gasteiger partial charge in [-0.15, -0.1) is 0 Å². The molecule has 0 unspecified atom stereocenters. The molecule has 126 valence electrons. The highest BCUT2D eigenvalue weighted by molar-refractivity contribution is 5.54. The van der Waals surface area contributed by atoms with E-state index in [2.05, 4.69) is 46.1 Å². The third-order valence-corrected chi connectivity index (χ3v) is 3.92. The minimum absolute atomic E-state index is 0.515. The van der Waals surface area contributed by atoms with Gasteiger partial charge in [-0.2, -0.15) is 10.1 Å². The van der Waals surface area contributed by atoms with Crippen molar-refractivity contribution in [1.82, 2.24) is 24.8 Å². The lowest BCUT2D eigenvalue weighted by atomic mass is 10.0. The summed E-state index contributed by atoms with van der Waals surface area (Å²) in [5.74, 6) is 1.76. The fraction of sp³-hybridized carbons (Fsp3) is 0.389. The summed E-state index contributed by atoms with van der Waals surface area (Å²) in [6.07, 6.45) is 3.87. The average molecular weight is 325 g/mol. The lowest BCUT2D eigenvalue weighted by Crippen LogP contribution is -2.17. The minimum atomic E-state index is 0.515. The van der Waals surface area contributed by atoms with Gasteiger partial charge in [0, 0.05) is 30.9 Å². The normalized spacial score (nSPS) is 11.6. The van der Waals surface area contributed by atoms with Crippen LogP contribution in [-0.4, -0.2) is 31.9 Å². The van der Waals surface area contributed by atoms with Gasteiger partial charge in [0.15, 0.2) is 0 Å². The van der Waals surface area contributed by atoms with Gasteiger partial charge in [-0.05, 0) is 18.5 Å². The van der Waals surface area contributed by atoms with Gasteiger partial charge in [-0.1, -0.05) is 43.3 Å². The van der Waals surface area contributed by atoms with E-state index in [0.717, 1.165) is 17.7 Å². The van der Waals surface area contributed by atoms with Gasteiger partial charge >= 0.3 is 0 Å². The van der Waals surface area contributed by atoms with E-state index in [4.69, 9.17) is 4.52 Å². The SMILES string of the molecule is CC(C)c1ccc(-c2noc(CN(C)Cc3cnn(C)c3)n2)cc1. The number of aromatic nitrogens is 4. The molecule has 3 aromatic rings. The number of rotatable bonds is 6. The molecule has 6 nitrogen and oxygen atoms in total. The summed E-state index contributed by atoms with van der Waals surface area (Å²) in [4.78, 5) is 6.62. The molecule has 0 atom stereocenters. The first-order valence-corrected chi connectivity index (χ1v) is 8.10. The van der Waals surface area contributed by atoms with Crippen LogP contribution >= 0.6 is 0 Å². The molecular formula is C18H23N5O. The number of aryl methyl sites for hydroxylation is 1. The molecule has 0 radical (unpaired) electrons. The number of nitrogens with zero attached hydrogens (tertiary/aromatic N) is 5. The first kappa shape index (κ1) is 16.4. The van der Waals surface area contributed by atoms with Crippen molar-refractivity contribution in [1.29, 1.82) is 0 Å². The van der Waals surface area contributed by atoms with Crippen LogP contribution in [0.5, 0.6) is 0 Å². The Labute approximate surface area is 142 Å². The quantitative estimate of drug-likeness (QED) is 0.696. The highest BCUT2D eigenvalue weighted by Gasteiger charge is 2.12. The van der Waals surface area contributed by atoms with E-state index in [0.29, 0.717) is 24.2 Å². The van der Waals surface area contributed by atoms with E-state index >= 15 is 0 Å². The Hall–Kier alpha value is -2.47. The van der Waals surface area contributed by atoms with Crippen LogP contribution in [0, 0.1) is 0 Å². The summed E-state index contributed by atoms with van der Waals surface area (Å²) in [5.41, 5.74) is 3.44. The molecular weight excluding hydrogens is 302 g/mol. The number of benzene rings is 1. The summed E-state index contributed by atoms with van der Waals surface area (Å²) in [5, 5.41) is 8.27. The molecule has 2 heterocycles. The summed E-state index contributed by atoms with van der Waals surface area (Å²) in [7, 11) is 3.94. The molecule has 1 aromatic carbocycles. The first-order chi connectivity index (χ1) is 11.5. The topological polar surface area (TPSA) is 60.0 Å². The molecule has 0 aliphatic rings. The van der Waals surface area contributed by atoms with E-state index in [9.17, 15) is 0 Å². The molecule has 0 amide bonds. The van der Waals surface area contributed by atoms with Crippen LogP contribution in [0.15, 0.2) is 41.2 Å².